The summed E-state index contributed by atoms with van der Waals surface area (Å²) in [5, 5.41) is 0. The summed E-state index contributed by atoms with van der Waals surface area (Å²) >= 11 is 0. The van der Waals surface area contributed by atoms with Crippen molar-refractivity contribution in [1.29, 1.82) is 0 Å². The molecule has 1 aliphatic carbocycles. The number of ether oxygens (including phenoxy) is 1. The normalized spacial score (nSPS) is 17.6. The highest BCUT2D eigenvalue weighted by Gasteiger charge is 2.44. The fraction of sp³-hybridized carbons (Fsp3) is 0.462. The monoisotopic (exact) mass is 240 g/mol. The van der Waals surface area contributed by atoms with Crippen LogP contribution in [0.4, 0.5) is 8.78 Å². The summed E-state index contributed by atoms with van der Waals surface area (Å²) in [6, 6.07) is 3.60. The third kappa shape index (κ3) is 2.09. The number of ketones is 1. The molecule has 0 heterocycles. The van der Waals surface area contributed by atoms with E-state index in [1.807, 2.05) is 0 Å². The molecule has 2 nitrogen and oxygen atoms in total. The minimum Gasteiger partial charge on any atom is -0.370 e. The lowest BCUT2D eigenvalue weighted by molar-refractivity contribution is -0.151. The maximum absolute atomic E-state index is 13.4. The maximum atomic E-state index is 13.4. The molecule has 1 aromatic carbocycles. The molecule has 92 valence electrons. The molecule has 0 aliphatic heterocycles. The first kappa shape index (κ1) is 12.2. The van der Waals surface area contributed by atoms with Crippen molar-refractivity contribution in [2.45, 2.75) is 31.3 Å². The van der Waals surface area contributed by atoms with Crippen LogP contribution in [0.3, 0.4) is 0 Å². The summed E-state index contributed by atoms with van der Waals surface area (Å²) in [4.78, 5) is 12.0. The Morgan fingerprint density at radius 2 is 1.94 bits per heavy atom. The van der Waals surface area contributed by atoms with Crippen molar-refractivity contribution < 1.29 is 18.3 Å². The Labute approximate surface area is 98.6 Å². The number of Topliss-reactive ketones (excluding diaryl/α,β-unsaturated/α-hetero) is 1. The van der Waals surface area contributed by atoms with Gasteiger partial charge in [0.15, 0.2) is 5.78 Å². The third-order valence-corrected chi connectivity index (χ3v) is 3.46. The summed E-state index contributed by atoms with van der Waals surface area (Å²) < 4.78 is 32.0. The maximum Gasteiger partial charge on any atom is 0.169 e. The quantitative estimate of drug-likeness (QED) is 0.808. The Morgan fingerprint density at radius 3 is 2.35 bits per heavy atom. The second kappa shape index (κ2) is 4.53. The van der Waals surface area contributed by atoms with E-state index in [0.29, 0.717) is 12.8 Å². The van der Waals surface area contributed by atoms with Crippen LogP contribution in [-0.2, 0) is 16.0 Å². The summed E-state index contributed by atoms with van der Waals surface area (Å²) in [6.45, 7) is 0. The van der Waals surface area contributed by atoms with Crippen LogP contribution in [0.5, 0.6) is 0 Å². The highest BCUT2D eigenvalue weighted by atomic mass is 19.1. The average Bonchev–Trinajstić information content (AvgIpc) is 2.23. The van der Waals surface area contributed by atoms with Crippen molar-refractivity contribution in [1.82, 2.24) is 0 Å². The highest BCUT2D eigenvalue weighted by Crippen LogP contribution is 2.37. The van der Waals surface area contributed by atoms with Gasteiger partial charge in [-0.25, -0.2) is 8.78 Å². The van der Waals surface area contributed by atoms with Gasteiger partial charge in [0.25, 0.3) is 0 Å². The molecular weight excluding hydrogens is 226 g/mol. The standard InChI is InChI=1S/C13H14F2O2/c1-17-13(6-3-7-13)12(16)8-9-10(14)4-2-5-11(9)15/h2,4-5H,3,6-8H2,1H3. The number of methoxy groups -OCH3 is 1. The molecule has 0 amide bonds. The number of benzene rings is 1. The van der Waals surface area contributed by atoms with E-state index in [1.165, 1.54) is 13.2 Å². The van der Waals surface area contributed by atoms with Crippen LogP contribution in [0.25, 0.3) is 0 Å². The van der Waals surface area contributed by atoms with E-state index >= 15 is 0 Å². The molecule has 4 heteroatoms. The zero-order chi connectivity index (χ0) is 12.5. The van der Waals surface area contributed by atoms with E-state index in [4.69, 9.17) is 4.74 Å². The van der Waals surface area contributed by atoms with Crippen molar-refractivity contribution in [2.24, 2.45) is 0 Å². The van der Waals surface area contributed by atoms with Crippen molar-refractivity contribution in [3.63, 3.8) is 0 Å². The minimum atomic E-state index is -0.811. The molecule has 0 saturated heterocycles. The molecule has 0 N–H and O–H groups in total. The molecule has 17 heavy (non-hydrogen) atoms. The fourth-order valence-corrected chi connectivity index (χ4v) is 2.12. The highest BCUT2D eigenvalue weighted by molar-refractivity contribution is 5.90. The Bertz CT molecular complexity index is 413. The van der Waals surface area contributed by atoms with Crippen LogP contribution in [0.15, 0.2) is 18.2 Å². The Balaban J connectivity index is 2.18. The smallest absolute Gasteiger partial charge is 0.169 e. The number of carbonyl (C=O) groups excluding carboxylic acids is 1. The van der Waals surface area contributed by atoms with Crippen LogP contribution in [0, 0.1) is 11.6 Å². The van der Waals surface area contributed by atoms with Crippen LogP contribution in [0.1, 0.15) is 24.8 Å². The fourth-order valence-electron chi connectivity index (χ4n) is 2.12. The van der Waals surface area contributed by atoms with Gasteiger partial charge >= 0.3 is 0 Å². The van der Waals surface area contributed by atoms with Gasteiger partial charge in [-0.1, -0.05) is 6.07 Å². The number of hydrogen-bond acceptors (Lipinski definition) is 2. The Morgan fingerprint density at radius 1 is 1.35 bits per heavy atom. The molecule has 0 atom stereocenters. The van der Waals surface area contributed by atoms with Crippen LogP contribution < -0.4 is 0 Å². The third-order valence-electron chi connectivity index (χ3n) is 3.46. The SMILES string of the molecule is COC1(C(=O)Cc2c(F)cccc2F)CCC1. The van der Waals surface area contributed by atoms with E-state index in [0.717, 1.165) is 18.6 Å². The van der Waals surface area contributed by atoms with E-state index in [9.17, 15) is 13.6 Å². The molecule has 1 fully saturated rings. The van der Waals surface area contributed by atoms with Gasteiger partial charge in [-0.3, -0.25) is 4.79 Å². The van der Waals surface area contributed by atoms with Gasteiger partial charge in [-0.2, -0.15) is 0 Å². The first-order valence-electron chi connectivity index (χ1n) is 5.60. The van der Waals surface area contributed by atoms with Gasteiger partial charge in [0, 0.05) is 19.1 Å². The van der Waals surface area contributed by atoms with Gasteiger partial charge < -0.3 is 4.74 Å². The molecule has 0 radical (unpaired) electrons. The summed E-state index contributed by atoms with van der Waals surface area (Å²) in [7, 11) is 1.47. The number of halogens is 2. The molecule has 2 rings (SSSR count). The van der Waals surface area contributed by atoms with Gasteiger partial charge in [0.2, 0.25) is 0 Å². The first-order valence-corrected chi connectivity index (χ1v) is 5.60. The average molecular weight is 240 g/mol. The largest absolute Gasteiger partial charge is 0.370 e. The van der Waals surface area contributed by atoms with Crippen molar-refractivity contribution in [3.05, 3.63) is 35.4 Å². The van der Waals surface area contributed by atoms with Crippen molar-refractivity contribution >= 4 is 5.78 Å². The lowest BCUT2D eigenvalue weighted by atomic mass is 9.75. The topological polar surface area (TPSA) is 26.3 Å². The molecular formula is C13H14F2O2. The lowest BCUT2D eigenvalue weighted by Crippen LogP contribution is -2.48. The number of hydrogen-bond donors (Lipinski definition) is 0. The predicted molar refractivity (Wildman–Crippen MR) is 58.7 cm³/mol. The summed E-state index contributed by atoms with van der Waals surface area (Å²) in [5.74, 6) is -1.59. The van der Waals surface area contributed by atoms with E-state index < -0.39 is 17.2 Å². The first-order chi connectivity index (χ1) is 8.09. The van der Waals surface area contributed by atoms with Gasteiger partial charge in [-0.15, -0.1) is 0 Å². The van der Waals surface area contributed by atoms with E-state index in [1.54, 1.807) is 0 Å². The van der Waals surface area contributed by atoms with Crippen LogP contribution in [-0.4, -0.2) is 18.5 Å². The molecule has 0 spiro atoms. The molecule has 0 unspecified atom stereocenters. The second-order valence-electron chi connectivity index (χ2n) is 4.35. The number of rotatable bonds is 4. The molecule has 1 aromatic rings. The van der Waals surface area contributed by atoms with Crippen LogP contribution >= 0.6 is 0 Å². The van der Waals surface area contributed by atoms with Gasteiger partial charge in [-0.05, 0) is 31.4 Å². The van der Waals surface area contributed by atoms with Crippen molar-refractivity contribution in [3.8, 4) is 0 Å². The zero-order valence-electron chi connectivity index (χ0n) is 9.63. The minimum absolute atomic E-state index is 0.166. The Hall–Kier alpha value is -1.29. The second-order valence-corrected chi connectivity index (χ2v) is 4.35. The van der Waals surface area contributed by atoms with E-state index in [-0.39, 0.29) is 17.8 Å². The van der Waals surface area contributed by atoms with Gasteiger partial charge in [0.1, 0.15) is 17.2 Å². The molecule has 0 aromatic heterocycles. The lowest BCUT2D eigenvalue weighted by Gasteiger charge is -2.38. The predicted octanol–water partition coefficient (Wildman–Crippen LogP) is 2.65. The molecule has 1 saturated carbocycles. The Kier molecular flexibility index (Phi) is 3.24. The summed E-state index contributed by atoms with van der Waals surface area (Å²) in [6.07, 6.45) is 1.95. The van der Waals surface area contributed by atoms with Crippen molar-refractivity contribution in [2.75, 3.05) is 7.11 Å². The zero-order valence-corrected chi connectivity index (χ0v) is 9.63. The molecule has 1 aliphatic rings. The van der Waals surface area contributed by atoms with Gasteiger partial charge in [0.05, 0.1) is 0 Å². The van der Waals surface area contributed by atoms with Crippen LogP contribution in [0.2, 0.25) is 0 Å². The summed E-state index contributed by atoms with van der Waals surface area (Å²) in [5.41, 5.74) is -0.977. The van der Waals surface area contributed by atoms with E-state index in [2.05, 4.69) is 0 Å². The molecule has 0 bridgehead atoms. The number of carbonyl (C=O) groups is 1.